The quantitative estimate of drug-likeness (QED) is 0.0825. The lowest BCUT2D eigenvalue weighted by Gasteiger charge is -2.17. The first-order chi connectivity index (χ1) is 26.5. The summed E-state index contributed by atoms with van der Waals surface area (Å²) in [5.74, 6) is 0.325. The lowest BCUT2D eigenvalue weighted by atomic mass is 10.0. The van der Waals surface area contributed by atoms with Gasteiger partial charge in [-0.1, -0.05) is 0 Å². The summed E-state index contributed by atoms with van der Waals surface area (Å²) in [6.07, 6.45) is -10.2. The molecule has 7 heterocycles. The van der Waals surface area contributed by atoms with Crippen molar-refractivity contribution in [2.24, 2.45) is 0 Å². The van der Waals surface area contributed by atoms with Crippen LogP contribution in [0.2, 0.25) is 0 Å². The maximum absolute atomic E-state index is 12.0. The van der Waals surface area contributed by atoms with Gasteiger partial charge >= 0.3 is 11.4 Å². The second-order valence-corrected chi connectivity index (χ2v) is 12.9. The zero-order valence-corrected chi connectivity index (χ0v) is 29.4. The van der Waals surface area contributed by atoms with Crippen molar-refractivity contribution in [2.75, 3.05) is 38.8 Å². The van der Waals surface area contributed by atoms with Gasteiger partial charge < -0.3 is 70.1 Å². The predicted octanol–water partition coefficient (Wildman–Crippen LogP) is -7.84. The van der Waals surface area contributed by atoms with E-state index >= 15 is 0 Å². The van der Waals surface area contributed by atoms with E-state index in [4.69, 9.17) is 29.5 Å². The van der Waals surface area contributed by atoms with Crippen LogP contribution in [0.5, 0.6) is 0 Å². The third-order valence-electron chi connectivity index (χ3n) is 8.97. The van der Waals surface area contributed by atoms with Gasteiger partial charge in [0.25, 0.3) is 16.7 Å². The number of aliphatic hydroxyl groups is 9. The molecule has 56 heavy (non-hydrogen) atoms. The number of fused-ring (bicyclic) bond motifs is 1. The van der Waals surface area contributed by atoms with E-state index < -0.39 is 121 Å². The lowest BCUT2D eigenvalue weighted by Crippen LogP contribution is -2.37. The number of ether oxygens (including phenoxy) is 3. The molecule has 3 saturated heterocycles. The molecule has 12 atom stereocenters. The number of aromatic nitrogens is 8. The van der Waals surface area contributed by atoms with Crippen molar-refractivity contribution in [1.82, 2.24) is 39.0 Å². The van der Waals surface area contributed by atoms with Crippen LogP contribution < -0.4 is 33.0 Å². The molecule has 13 N–H and O–H groups in total. The molecule has 4 aromatic heterocycles. The van der Waals surface area contributed by atoms with Crippen molar-refractivity contribution < 1.29 is 60.2 Å². The molecule has 3 aliphatic heterocycles. The minimum atomic E-state index is -1.35. The van der Waals surface area contributed by atoms with Crippen molar-refractivity contribution in [3.63, 3.8) is 0 Å². The molecule has 0 aromatic carbocycles. The van der Waals surface area contributed by atoms with Crippen LogP contribution in [0.1, 0.15) is 24.1 Å². The lowest BCUT2D eigenvalue weighted by molar-refractivity contribution is -0.0550. The molecule has 0 saturated carbocycles. The van der Waals surface area contributed by atoms with Gasteiger partial charge in [-0.3, -0.25) is 38.5 Å². The van der Waals surface area contributed by atoms with Crippen LogP contribution in [-0.2, 0) is 14.2 Å². The van der Waals surface area contributed by atoms with Gasteiger partial charge in [0.05, 0.1) is 31.7 Å². The number of H-pyrrole nitrogens is 4. The van der Waals surface area contributed by atoms with Crippen molar-refractivity contribution in [3.8, 4) is 0 Å². The number of hydrogen-bond acceptors (Lipinski definition) is 20. The number of anilines is 1. The first-order valence-electron chi connectivity index (χ1n) is 16.7. The van der Waals surface area contributed by atoms with Gasteiger partial charge in [-0.2, -0.15) is 4.98 Å². The highest BCUT2D eigenvalue weighted by molar-refractivity contribution is 5.71. The average molecular weight is 800 g/mol. The fraction of sp³-hybridized carbons (Fsp3) is 0.567. The Morgan fingerprint density at radius 2 is 1.27 bits per heavy atom. The topological polar surface area (TPSA) is 397 Å². The van der Waals surface area contributed by atoms with Gasteiger partial charge in [-0.15, -0.1) is 0 Å². The summed E-state index contributed by atoms with van der Waals surface area (Å²) < 4.78 is 18.0. The van der Waals surface area contributed by atoms with Gasteiger partial charge in [0.2, 0.25) is 5.95 Å². The number of nitrogens with one attached hydrogen (secondary N) is 4. The number of rotatable bonds is 7. The SMILES string of the molecule is CN(C)c1nc2c(ncn2[C@@H]2O[C@H](CO)[C@@H](O)[C@H]2O)c(=O)[nH]1.O=c1[nH]cc([C@@H]2O[C@H](CO)[C@@H](O)[C@H]2O)c(=O)[nH]1.O=c1ccn([C@@H]2O[C@H](CO)[C@@H](O)[C@H]2O)c(=O)[nH]1. The van der Waals surface area contributed by atoms with Crippen LogP contribution in [0.25, 0.3) is 11.2 Å². The number of nitrogens with zero attached hydrogens (tertiary/aromatic N) is 5. The summed E-state index contributed by atoms with van der Waals surface area (Å²) in [4.78, 5) is 75.3. The summed E-state index contributed by atoms with van der Waals surface area (Å²) >= 11 is 0. The van der Waals surface area contributed by atoms with E-state index in [1.54, 1.807) is 19.0 Å². The molecule has 7 rings (SSSR count). The Morgan fingerprint density at radius 3 is 1.77 bits per heavy atom. The largest absolute Gasteiger partial charge is 0.394 e. The van der Waals surface area contributed by atoms with Crippen molar-refractivity contribution in [2.45, 2.75) is 73.5 Å². The van der Waals surface area contributed by atoms with E-state index in [-0.39, 0.29) is 16.7 Å². The van der Waals surface area contributed by atoms with Gasteiger partial charge in [0.15, 0.2) is 23.6 Å². The molecule has 26 heteroatoms. The molecule has 0 amide bonds. The smallest absolute Gasteiger partial charge is 0.330 e. The first-order valence-corrected chi connectivity index (χ1v) is 16.7. The highest BCUT2D eigenvalue weighted by Crippen LogP contribution is 2.32. The molecule has 3 aliphatic rings. The van der Waals surface area contributed by atoms with E-state index in [1.807, 2.05) is 9.97 Å². The summed E-state index contributed by atoms with van der Waals surface area (Å²) in [6, 6.07) is 1.09. The summed E-state index contributed by atoms with van der Waals surface area (Å²) in [6.45, 7) is -1.39. The number of aromatic amines is 4. The molecular weight excluding hydrogens is 758 g/mol. The van der Waals surface area contributed by atoms with Crippen LogP contribution >= 0.6 is 0 Å². The van der Waals surface area contributed by atoms with Crippen LogP contribution in [-0.4, -0.2) is 174 Å². The highest BCUT2D eigenvalue weighted by atomic mass is 16.6. The minimum Gasteiger partial charge on any atom is -0.394 e. The summed E-state index contributed by atoms with van der Waals surface area (Å²) in [5.41, 5.74) is -2.81. The second kappa shape index (κ2) is 17.4. The van der Waals surface area contributed by atoms with Crippen molar-refractivity contribution in [1.29, 1.82) is 0 Å². The maximum Gasteiger partial charge on any atom is 0.330 e. The number of imidazole rings is 1. The Morgan fingerprint density at radius 1 is 0.714 bits per heavy atom. The molecule has 0 radical (unpaired) electrons. The zero-order valence-electron chi connectivity index (χ0n) is 29.4. The monoisotopic (exact) mass is 799 g/mol. The molecule has 3 fully saturated rings. The normalized spacial score (nSPS) is 31.1. The van der Waals surface area contributed by atoms with E-state index in [1.165, 1.54) is 10.9 Å². The van der Waals surface area contributed by atoms with Crippen LogP contribution in [0.3, 0.4) is 0 Å². The van der Waals surface area contributed by atoms with Crippen LogP contribution in [0, 0.1) is 0 Å². The molecule has 0 bridgehead atoms. The van der Waals surface area contributed by atoms with E-state index in [0.717, 1.165) is 23.0 Å². The maximum atomic E-state index is 12.0. The molecule has 0 aliphatic carbocycles. The predicted molar refractivity (Wildman–Crippen MR) is 184 cm³/mol. The fourth-order valence-electron chi connectivity index (χ4n) is 5.95. The van der Waals surface area contributed by atoms with Crippen molar-refractivity contribution >= 4 is 17.1 Å². The number of aliphatic hydroxyl groups excluding tert-OH is 9. The van der Waals surface area contributed by atoms with Gasteiger partial charge in [-0.25, -0.2) is 14.6 Å². The Kier molecular flexibility index (Phi) is 13.1. The first kappa shape index (κ1) is 42.2. The van der Waals surface area contributed by atoms with E-state index in [2.05, 4.69) is 19.9 Å². The molecule has 0 spiro atoms. The van der Waals surface area contributed by atoms with E-state index in [0.29, 0.717) is 5.95 Å². The third-order valence-corrected chi connectivity index (χ3v) is 8.97. The zero-order chi connectivity index (χ0) is 41.2. The van der Waals surface area contributed by atoms with Gasteiger partial charge in [0.1, 0.15) is 61.0 Å². The molecule has 26 nitrogen and oxygen atoms in total. The Labute approximate surface area is 311 Å². The fourth-order valence-corrected chi connectivity index (χ4v) is 5.95. The standard InChI is InChI=1S/C12H17N5O5.2C9H12N2O6/c1-16(2)12-14-9-6(10(21)15-12)13-4-17(9)11-8(20)7(19)5(3-18)22-11;12-2-4-5(13)6(14)7(17-4)3-1-10-9(16)11-8(3)15;12-3-4-6(14)7(15)8(17-4)11-2-1-5(13)10-9(11)16/h4-5,7-8,11,18-20H,3H2,1-2H3,(H,14,15,21);1,4-7,12-14H,2H2,(H2,10,11,15,16);1-2,4,6-8,12,14-15H,3H2,(H,10,13,16)/t5-,7-,8-,11-;4-,5-,6-,7+;4-,6-,7-,8-/m111/s1. The Balaban J connectivity index is 0.000000163. The molecule has 0 unspecified atom stereocenters. The highest BCUT2D eigenvalue weighted by Gasteiger charge is 2.46. The van der Waals surface area contributed by atoms with Crippen molar-refractivity contribution in [3.05, 3.63) is 82.4 Å². The minimum absolute atomic E-state index is 0.00731. The summed E-state index contributed by atoms with van der Waals surface area (Å²) in [5, 5.41) is 85.2. The average Bonchev–Trinajstić information content (AvgIpc) is 3.88. The molecule has 308 valence electrons. The van der Waals surface area contributed by atoms with Crippen LogP contribution in [0.15, 0.2) is 48.8 Å². The van der Waals surface area contributed by atoms with Gasteiger partial charge in [-0.05, 0) is 0 Å². The van der Waals surface area contributed by atoms with Gasteiger partial charge in [0, 0.05) is 32.6 Å². The Bertz CT molecular complexity index is 2160. The van der Waals surface area contributed by atoms with Crippen LogP contribution in [0.4, 0.5) is 5.95 Å². The number of hydrogen-bond donors (Lipinski definition) is 13. The van der Waals surface area contributed by atoms with E-state index in [9.17, 15) is 54.6 Å². The Hall–Kier alpha value is -4.97. The molecular formula is C30H41N9O17. The molecule has 4 aromatic rings. The summed E-state index contributed by atoms with van der Waals surface area (Å²) in [7, 11) is 3.44. The third kappa shape index (κ3) is 8.40. The second-order valence-electron chi connectivity index (χ2n) is 12.9.